The molecule has 146 valence electrons. The van der Waals surface area contributed by atoms with Gasteiger partial charge in [0.25, 0.3) is 0 Å². The van der Waals surface area contributed by atoms with Gasteiger partial charge in [-0.1, -0.05) is 35.3 Å². The van der Waals surface area contributed by atoms with E-state index in [9.17, 15) is 0 Å². The van der Waals surface area contributed by atoms with E-state index in [1.54, 1.807) is 37.3 Å². The quantitative estimate of drug-likeness (QED) is 0.397. The second-order valence-corrected chi connectivity index (χ2v) is 9.59. The average Bonchev–Trinajstić information content (AvgIpc) is 3.26. The molecule has 1 aliphatic rings. The van der Waals surface area contributed by atoms with Crippen molar-refractivity contribution in [2.45, 2.75) is 36.8 Å². The number of benzene rings is 1. The van der Waals surface area contributed by atoms with Crippen LogP contribution in [0.2, 0.25) is 0 Å². The van der Waals surface area contributed by atoms with E-state index in [2.05, 4.69) is 12.6 Å². The molecule has 0 saturated carbocycles. The Morgan fingerprint density at radius 2 is 2.26 bits per heavy atom. The number of ether oxygens (including phenoxy) is 2. The first-order valence-electron chi connectivity index (χ1n) is 8.93. The zero-order valence-electron chi connectivity index (χ0n) is 16.0. The molecule has 5 nitrogen and oxygen atoms in total. The third kappa shape index (κ3) is 4.93. The van der Waals surface area contributed by atoms with E-state index in [0.717, 1.165) is 50.8 Å². The maximum Gasteiger partial charge on any atom is 0.185 e. The second kappa shape index (κ2) is 9.23. The Kier molecular flexibility index (Phi) is 6.97. The first-order chi connectivity index (χ1) is 13.0. The number of rotatable bonds is 8. The number of nitrogens with one attached hydrogen (secondary N) is 1. The Hall–Kier alpha value is -1.35. The molecule has 2 atom stereocenters. The molecule has 0 bridgehead atoms. The molecule has 1 fully saturated rings. The van der Waals surface area contributed by atoms with Gasteiger partial charge in [0.1, 0.15) is 17.5 Å². The molecule has 0 radical (unpaired) electrons. The summed E-state index contributed by atoms with van der Waals surface area (Å²) in [5, 5.41) is 4.73. The number of methoxy groups -OCH3 is 2. The summed E-state index contributed by atoms with van der Waals surface area (Å²) in [4.78, 5) is 1.46. The van der Waals surface area contributed by atoms with Crippen LogP contribution >= 0.6 is 35.3 Å². The van der Waals surface area contributed by atoms with E-state index in [4.69, 9.17) is 26.8 Å². The summed E-state index contributed by atoms with van der Waals surface area (Å²) in [6, 6.07) is 6.39. The monoisotopic (exact) mass is 424 g/mol. The Morgan fingerprint density at radius 3 is 2.96 bits per heavy atom. The van der Waals surface area contributed by atoms with Gasteiger partial charge in [-0.25, -0.2) is 0 Å². The van der Waals surface area contributed by atoms with Gasteiger partial charge in [0.15, 0.2) is 15.0 Å². The molecule has 8 heteroatoms. The molecule has 2 aromatic rings. The average molecular weight is 425 g/mol. The first kappa shape index (κ1) is 20.4. The molecule has 0 spiro atoms. The summed E-state index contributed by atoms with van der Waals surface area (Å²) in [7, 11) is 3.42. The summed E-state index contributed by atoms with van der Waals surface area (Å²) in [6.45, 7) is 7.85. The molecule has 3 rings (SSSR count). The molecule has 2 heterocycles. The van der Waals surface area contributed by atoms with Crippen LogP contribution in [0.3, 0.4) is 0 Å². The molecule has 1 aromatic heterocycles. The van der Waals surface area contributed by atoms with Crippen LogP contribution in [0.5, 0.6) is 11.5 Å². The Labute approximate surface area is 174 Å². The van der Waals surface area contributed by atoms with Crippen LogP contribution in [0, 0.1) is 3.95 Å². The fourth-order valence-electron chi connectivity index (χ4n) is 3.41. The molecule has 1 aliphatic heterocycles. The molecular weight excluding hydrogens is 398 g/mol. The van der Waals surface area contributed by atoms with Crippen LogP contribution in [0.1, 0.15) is 31.4 Å². The summed E-state index contributed by atoms with van der Waals surface area (Å²) in [6.07, 6.45) is 2.29. The number of likely N-dealkylation sites (tertiary alicyclic amines) is 1. The minimum absolute atomic E-state index is 0.352. The number of nitrogens with zero attached hydrogens (tertiary/aromatic N) is 2. The van der Waals surface area contributed by atoms with Crippen LogP contribution in [0.15, 0.2) is 34.7 Å². The highest BCUT2D eigenvalue weighted by atomic mass is 32.2. The summed E-state index contributed by atoms with van der Waals surface area (Å²) in [5.41, 5.74) is 2.34. The van der Waals surface area contributed by atoms with Crippen molar-refractivity contribution in [2.24, 2.45) is 0 Å². The lowest BCUT2D eigenvalue weighted by Gasteiger charge is -2.23. The van der Waals surface area contributed by atoms with Gasteiger partial charge in [-0.15, -0.1) is 5.10 Å². The topological polar surface area (TPSA) is 40.7 Å². The van der Waals surface area contributed by atoms with Crippen molar-refractivity contribution in [1.82, 2.24) is 9.78 Å². The van der Waals surface area contributed by atoms with Crippen LogP contribution in [-0.2, 0) is 6.67 Å². The number of hydrogen-bond acceptors (Lipinski definition) is 6. The van der Waals surface area contributed by atoms with Crippen molar-refractivity contribution in [1.29, 1.82) is 0 Å². The highest BCUT2D eigenvalue weighted by Crippen LogP contribution is 2.32. The van der Waals surface area contributed by atoms with Crippen molar-refractivity contribution < 1.29 is 14.4 Å². The van der Waals surface area contributed by atoms with E-state index < -0.39 is 0 Å². The van der Waals surface area contributed by atoms with Gasteiger partial charge in [0.2, 0.25) is 0 Å². The minimum atomic E-state index is 0.352. The van der Waals surface area contributed by atoms with Gasteiger partial charge < -0.3 is 14.4 Å². The number of hydrogen-bond donors (Lipinski definition) is 1. The van der Waals surface area contributed by atoms with Crippen LogP contribution in [-0.4, -0.2) is 36.3 Å². The molecule has 0 amide bonds. The number of aromatic nitrogens is 2. The lowest BCUT2D eigenvalue weighted by Crippen LogP contribution is -3.09. The van der Waals surface area contributed by atoms with Crippen molar-refractivity contribution >= 4 is 35.3 Å². The van der Waals surface area contributed by atoms with Crippen LogP contribution < -0.4 is 14.4 Å². The highest BCUT2D eigenvalue weighted by molar-refractivity contribution is 8.01. The zero-order chi connectivity index (χ0) is 19.4. The standard InChI is InChI=1S/C19H25N3O2S3/c1-13(2)11-26-18-20-22(19(25)27-18)12-21-9-5-6-16(21)15-10-14(23-3)7-8-17(15)24-4/h7-8,10,16H,1,5-6,9,11-12H2,2-4H3/p+1/t16-/m1/s1. The fraction of sp³-hybridized carbons (Fsp3) is 0.474. The van der Waals surface area contributed by atoms with Gasteiger partial charge in [-0.3, -0.25) is 0 Å². The molecule has 0 aliphatic carbocycles. The summed E-state index contributed by atoms with van der Waals surface area (Å²) >= 11 is 8.84. The third-order valence-corrected chi connectivity index (χ3v) is 7.35. The normalized spacial score (nSPS) is 19.2. The highest BCUT2D eigenvalue weighted by Gasteiger charge is 2.33. The second-order valence-electron chi connectivity index (χ2n) is 6.75. The van der Waals surface area contributed by atoms with Gasteiger partial charge in [-0.2, -0.15) is 4.68 Å². The van der Waals surface area contributed by atoms with Gasteiger partial charge >= 0.3 is 0 Å². The maximum absolute atomic E-state index is 5.62. The van der Waals surface area contributed by atoms with E-state index in [1.807, 2.05) is 23.7 Å². The Bertz CT molecular complexity index is 862. The Balaban J connectivity index is 1.80. The van der Waals surface area contributed by atoms with Crippen molar-refractivity contribution in [2.75, 3.05) is 26.5 Å². The number of thioether (sulfide) groups is 1. The smallest absolute Gasteiger partial charge is 0.185 e. The summed E-state index contributed by atoms with van der Waals surface area (Å²) in [5.74, 6) is 2.66. The predicted octanol–water partition coefficient (Wildman–Crippen LogP) is 3.74. The maximum atomic E-state index is 5.62. The van der Waals surface area contributed by atoms with Crippen LogP contribution in [0.25, 0.3) is 0 Å². The van der Waals surface area contributed by atoms with Crippen LogP contribution in [0.4, 0.5) is 0 Å². The largest absolute Gasteiger partial charge is 0.497 e. The van der Waals surface area contributed by atoms with Gasteiger partial charge in [0.05, 0.1) is 26.3 Å². The van der Waals surface area contributed by atoms with Gasteiger partial charge in [-0.05, 0) is 37.3 Å². The van der Waals surface area contributed by atoms with E-state index in [-0.39, 0.29) is 0 Å². The third-order valence-electron chi connectivity index (χ3n) is 4.68. The molecule has 1 N–H and O–H groups in total. The van der Waals surface area contributed by atoms with Crippen molar-refractivity contribution in [3.63, 3.8) is 0 Å². The zero-order valence-corrected chi connectivity index (χ0v) is 18.4. The lowest BCUT2D eigenvalue weighted by atomic mass is 10.0. The van der Waals surface area contributed by atoms with E-state index in [1.165, 1.54) is 16.9 Å². The lowest BCUT2D eigenvalue weighted by molar-refractivity contribution is -0.941. The van der Waals surface area contributed by atoms with Crippen molar-refractivity contribution in [3.8, 4) is 11.5 Å². The number of quaternary nitrogens is 1. The van der Waals surface area contributed by atoms with E-state index >= 15 is 0 Å². The molecule has 27 heavy (non-hydrogen) atoms. The fourth-order valence-corrected chi connectivity index (χ4v) is 5.59. The molecule has 1 unspecified atom stereocenters. The minimum Gasteiger partial charge on any atom is -0.497 e. The SMILES string of the molecule is C=C(C)CSc1nn(C[NH+]2CCC[C@@H]2c2cc(OC)ccc2OC)c(=S)s1. The summed E-state index contributed by atoms with van der Waals surface area (Å²) < 4.78 is 14.9. The first-order valence-corrected chi connectivity index (χ1v) is 11.1. The molecular formula is C19H26N3O2S3+. The van der Waals surface area contributed by atoms with Gasteiger partial charge in [0, 0.05) is 18.6 Å². The predicted molar refractivity (Wildman–Crippen MR) is 114 cm³/mol. The van der Waals surface area contributed by atoms with Crippen molar-refractivity contribution in [3.05, 3.63) is 39.9 Å². The van der Waals surface area contributed by atoms with E-state index in [0.29, 0.717) is 6.04 Å². The molecule has 1 saturated heterocycles. The molecule has 1 aromatic carbocycles. The Morgan fingerprint density at radius 1 is 1.44 bits per heavy atom.